The smallest absolute Gasteiger partial charge is 0.354 e. The SMILES string of the molecule is CCc1ccsc1CNC(=O)Nc1cc(C)[nH]c1C(=O)O. The van der Waals surface area contributed by atoms with Crippen molar-refractivity contribution in [1.29, 1.82) is 0 Å². The molecule has 0 atom stereocenters. The van der Waals surface area contributed by atoms with Gasteiger partial charge in [0.15, 0.2) is 0 Å². The Morgan fingerprint density at radius 3 is 2.86 bits per heavy atom. The monoisotopic (exact) mass is 307 g/mol. The van der Waals surface area contributed by atoms with Crippen molar-refractivity contribution in [2.75, 3.05) is 5.32 Å². The molecule has 0 saturated heterocycles. The quantitative estimate of drug-likeness (QED) is 0.684. The molecule has 0 spiro atoms. The van der Waals surface area contributed by atoms with Crippen LogP contribution in [-0.4, -0.2) is 22.1 Å². The van der Waals surface area contributed by atoms with Gasteiger partial charge in [-0.25, -0.2) is 9.59 Å². The van der Waals surface area contributed by atoms with Gasteiger partial charge in [0.2, 0.25) is 0 Å². The molecule has 0 aliphatic rings. The first-order valence-corrected chi connectivity index (χ1v) is 7.42. The predicted octanol–water partition coefficient (Wildman–Crippen LogP) is 2.97. The highest BCUT2D eigenvalue weighted by Crippen LogP contribution is 2.18. The molecule has 7 heteroatoms. The van der Waals surface area contributed by atoms with Crippen LogP contribution >= 0.6 is 11.3 Å². The molecule has 6 nitrogen and oxygen atoms in total. The number of aryl methyl sites for hydroxylation is 2. The second-order valence-corrected chi connectivity index (χ2v) is 5.58. The van der Waals surface area contributed by atoms with Gasteiger partial charge < -0.3 is 20.7 Å². The van der Waals surface area contributed by atoms with E-state index in [0.717, 1.165) is 11.3 Å². The molecule has 0 aliphatic carbocycles. The first-order valence-electron chi connectivity index (χ1n) is 6.54. The van der Waals surface area contributed by atoms with E-state index in [1.165, 1.54) is 5.56 Å². The van der Waals surface area contributed by atoms with Crippen LogP contribution in [0, 0.1) is 6.92 Å². The van der Waals surface area contributed by atoms with Crippen LogP contribution < -0.4 is 10.6 Å². The summed E-state index contributed by atoms with van der Waals surface area (Å²) in [5, 5.41) is 16.3. The fraction of sp³-hybridized carbons (Fsp3) is 0.286. The Balaban J connectivity index is 1.98. The number of H-pyrrole nitrogens is 1. The molecule has 2 heterocycles. The Hall–Kier alpha value is -2.28. The van der Waals surface area contributed by atoms with Crippen molar-refractivity contribution in [2.45, 2.75) is 26.8 Å². The number of carbonyl (C=O) groups is 2. The fourth-order valence-corrected chi connectivity index (χ4v) is 2.94. The molecule has 2 aromatic heterocycles. The number of rotatable bonds is 5. The number of carbonyl (C=O) groups excluding carboxylic acids is 1. The Bertz CT molecular complexity index is 660. The van der Waals surface area contributed by atoms with Crippen LogP contribution in [0.4, 0.5) is 10.5 Å². The van der Waals surface area contributed by atoms with Gasteiger partial charge in [-0.3, -0.25) is 0 Å². The molecule has 2 rings (SSSR count). The van der Waals surface area contributed by atoms with E-state index >= 15 is 0 Å². The lowest BCUT2D eigenvalue weighted by Crippen LogP contribution is -2.28. The van der Waals surface area contributed by atoms with Gasteiger partial charge in [0, 0.05) is 10.6 Å². The zero-order valence-electron chi connectivity index (χ0n) is 11.8. The molecule has 0 radical (unpaired) electrons. The second-order valence-electron chi connectivity index (χ2n) is 4.58. The van der Waals surface area contributed by atoms with E-state index in [1.54, 1.807) is 24.3 Å². The third-order valence-corrected chi connectivity index (χ3v) is 4.01. The molecule has 0 saturated carbocycles. The minimum absolute atomic E-state index is 0.0204. The maximum absolute atomic E-state index is 11.9. The molecular weight excluding hydrogens is 290 g/mol. The van der Waals surface area contributed by atoms with Gasteiger partial charge in [0.05, 0.1) is 12.2 Å². The van der Waals surface area contributed by atoms with E-state index in [9.17, 15) is 9.59 Å². The number of hydrogen-bond donors (Lipinski definition) is 4. The molecule has 0 fully saturated rings. The van der Waals surface area contributed by atoms with Gasteiger partial charge in [0.1, 0.15) is 5.69 Å². The average Bonchev–Trinajstić information content (AvgIpc) is 3.02. The summed E-state index contributed by atoms with van der Waals surface area (Å²) in [5.41, 5.74) is 2.13. The third kappa shape index (κ3) is 3.63. The topological polar surface area (TPSA) is 94.2 Å². The number of anilines is 1. The number of urea groups is 1. The van der Waals surface area contributed by atoms with Crippen molar-refractivity contribution in [3.63, 3.8) is 0 Å². The van der Waals surface area contributed by atoms with Gasteiger partial charge in [-0.1, -0.05) is 6.92 Å². The maximum Gasteiger partial charge on any atom is 0.354 e. The first kappa shape index (κ1) is 15.1. The van der Waals surface area contributed by atoms with E-state index < -0.39 is 12.0 Å². The van der Waals surface area contributed by atoms with Crippen LogP contribution in [0.3, 0.4) is 0 Å². The molecule has 0 aliphatic heterocycles. The summed E-state index contributed by atoms with van der Waals surface area (Å²) in [6.45, 7) is 4.22. The largest absolute Gasteiger partial charge is 0.477 e. The van der Waals surface area contributed by atoms with Crippen molar-refractivity contribution in [3.8, 4) is 0 Å². The minimum Gasteiger partial charge on any atom is -0.477 e. The number of aromatic amines is 1. The summed E-state index contributed by atoms with van der Waals surface area (Å²) in [6, 6.07) is 3.20. The van der Waals surface area contributed by atoms with E-state index in [0.29, 0.717) is 12.2 Å². The molecule has 21 heavy (non-hydrogen) atoms. The lowest BCUT2D eigenvalue weighted by atomic mass is 10.2. The third-order valence-electron chi connectivity index (χ3n) is 3.04. The van der Waals surface area contributed by atoms with Gasteiger partial charge in [-0.05, 0) is 36.4 Å². The molecule has 112 valence electrons. The Morgan fingerprint density at radius 2 is 2.19 bits per heavy atom. The lowest BCUT2D eigenvalue weighted by molar-refractivity contribution is 0.0692. The van der Waals surface area contributed by atoms with E-state index in [1.807, 2.05) is 11.4 Å². The predicted molar refractivity (Wildman–Crippen MR) is 82.0 cm³/mol. The molecule has 4 N–H and O–H groups in total. The summed E-state index contributed by atoms with van der Waals surface area (Å²) in [4.78, 5) is 26.7. The van der Waals surface area contributed by atoms with Gasteiger partial charge in [-0.2, -0.15) is 0 Å². The van der Waals surface area contributed by atoms with Crippen molar-refractivity contribution < 1.29 is 14.7 Å². The molecule has 2 amide bonds. The van der Waals surface area contributed by atoms with Crippen LogP contribution in [0.1, 0.15) is 33.5 Å². The zero-order valence-corrected chi connectivity index (χ0v) is 12.6. The van der Waals surface area contributed by atoms with E-state index in [4.69, 9.17) is 5.11 Å². The van der Waals surface area contributed by atoms with Crippen LogP contribution in [0.25, 0.3) is 0 Å². The van der Waals surface area contributed by atoms with Crippen LogP contribution in [0.15, 0.2) is 17.5 Å². The van der Waals surface area contributed by atoms with Crippen molar-refractivity contribution in [2.24, 2.45) is 0 Å². The maximum atomic E-state index is 11.9. The van der Waals surface area contributed by atoms with Crippen LogP contribution in [-0.2, 0) is 13.0 Å². The van der Waals surface area contributed by atoms with Crippen LogP contribution in [0.5, 0.6) is 0 Å². The second kappa shape index (κ2) is 6.45. The van der Waals surface area contributed by atoms with Crippen molar-refractivity contribution >= 4 is 29.0 Å². The summed E-state index contributed by atoms with van der Waals surface area (Å²) < 4.78 is 0. The molecule has 0 unspecified atom stereocenters. The van der Waals surface area contributed by atoms with Crippen molar-refractivity contribution in [1.82, 2.24) is 10.3 Å². The van der Waals surface area contributed by atoms with Crippen molar-refractivity contribution in [3.05, 3.63) is 39.3 Å². The zero-order chi connectivity index (χ0) is 15.4. The fourth-order valence-electron chi connectivity index (χ4n) is 2.02. The number of aromatic carboxylic acids is 1. The summed E-state index contributed by atoms with van der Waals surface area (Å²) in [6.07, 6.45) is 0.919. The Labute approximate surface area is 126 Å². The number of hydrogen-bond acceptors (Lipinski definition) is 3. The molecule has 0 aromatic carbocycles. The number of thiophene rings is 1. The normalized spacial score (nSPS) is 10.4. The van der Waals surface area contributed by atoms with Gasteiger partial charge in [-0.15, -0.1) is 11.3 Å². The standard InChI is InChI=1S/C14H17N3O3S/c1-3-9-4-5-21-11(9)7-15-14(20)17-10-6-8(2)16-12(10)13(18)19/h4-6,16H,3,7H2,1-2H3,(H,18,19)(H2,15,17,20). The summed E-state index contributed by atoms with van der Waals surface area (Å²) in [7, 11) is 0. The highest BCUT2D eigenvalue weighted by molar-refractivity contribution is 7.10. The van der Waals surface area contributed by atoms with Gasteiger partial charge in [0.25, 0.3) is 0 Å². The molecule has 2 aromatic rings. The van der Waals surface area contributed by atoms with Crippen LogP contribution in [0.2, 0.25) is 0 Å². The average molecular weight is 307 g/mol. The number of aromatic nitrogens is 1. The highest BCUT2D eigenvalue weighted by Gasteiger charge is 2.15. The molecular formula is C14H17N3O3S. The highest BCUT2D eigenvalue weighted by atomic mass is 32.1. The number of carboxylic acids is 1. The lowest BCUT2D eigenvalue weighted by Gasteiger charge is -2.07. The van der Waals surface area contributed by atoms with Gasteiger partial charge >= 0.3 is 12.0 Å². The number of carboxylic acid groups (broad SMARTS) is 1. The van der Waals surface area contributed by atoms with E-state index in [-0.39, 0.29) is 11.4 Å². The Morgan fingerprint density at radius 1 is 1.43 bits per heavy atom. The molecule has 0 bridgehead atoms. The first-order chi connectivity index (χ1) is 10.0. The number of nitrogens with one attached hydrogen (secondary N) is 3. The summed E-state index contributed by atoms with van der Waals surface area (Å²) >= 11 is 1.59. The summed E-state index contributed by atoms with van der Waals surface area (Å²) in [5.74, 6) is -1.11. The Kier molecular flexibility index (Phi) is 4.64. The minimum atomic E-state index is -1.11. The number of amides is 2. The van der Waals surface area contributed by atoms with E-state index in [2.05, 4.69) is 22.5 Å².